The first-order chi connectivity index (χ1) is 10.3. The van der Waals surface area contributed by atoms with E-state index < -0.39 is 23.5 Å². The molecule has 0 fully saturated rings. The third kappa shape index (κ3) is 3.75. The maximum Gasteiger partial charge on any atom is 0.416 e. The maximum atomic E-state index is 13.0. The topological polar surface area (TPSA) is 46.5 Å². The highest BCUT2D eigenvalue weighted by molar-refractivity contribution is 5.89. The lowest BCUT2D eigenvalue weighted by atomic mass is 10.1. The summed E-state index contributed by atoms with van der Waals surface area (Å²) in [7, 11) is 0. The number of hydrogen-bond acceptors (Lipinski definition) is 2. The van der Waals surface area contributed by atoms with Crippen LogP contribution in [-0.4, -0.2) is 11.1 Å². The van der Waals surface area contributed by atoms with E-state index in [2.05, 4.69) is 0 Å². The molecule has 0 radical (unpaired) electrons. The summed E-state index contributed by atoms with van der Waals surface area (Å²) in [6, 6.07) is 7.17. The minimum Gasteiger partial charge on any atom is -0.489 e. The van der Waals surface area contributed by atoms with Gasteiger partial charge in [0.1, 0.15) is 18.2 Å². The van der Waals surface area contributed by atoms with Crippen molar-refractivity contribution in [1.82, 2.24) is 0 Å². The highest BCUT2D eigenvalue weighted by Gasteiger charge is 2.30. The number of aromatic carboxylic acids is 1. The molecule has 0 saturated carbocycles. The van der Waals surface area contributed by atoms with E-state index in [0.717, 1.165) is 36.4 Å². The molecular weight excluding hydrogens is 304 g/mol. The summed E-state index contributed by atoms with van der Waals surface area (Å²) < 4.78 is 55.5. The third-order valence-corrected chi connectivity index (χ3v) is 2.88. The zero-order valence-electron chi connectivity index (χ0n) is 11.0. The van der Waals surface area contributed by atoms with Gasteiger partial charge < -0.3 is 9.84 Å². The molecule has 2 aromatic carbocycles. The lowest BCUT2D eigenvalue weighted by Crippen LogP contribution is -2.07. The number of carboxylic acid groups (broad SMARTS) is 1. The molecule has 0 aliphatic rings. The Bertz CT molecular complexity index is 678. The standard InChI is InChI=1S/C15H10F4O3/c16-11-4-1-9(13(7-11)14(20)21)8-22-12-5-2-10(3-6-12)15(17,18)19/h1-7H,8H2,(H,20,21). The number of carbonyl (C=O) groups is 1. The molecule has 0 atom stereocenters. The number of alkyl halides is 3. The van der Waals surface area contributed by atoms with Crippen molar-refractivity contribution in [3.05, 3.63) is 65.0 Å². The zero-order valence-corrected chi connectivity index (χ0v) is 11.0. The van der Waals surface area contributed by atoms with E-state index in [1.54, 1.807) is 0 Å². The Morgan fingerprint density at radius 3 is 2.27 bits per heavy atom. The van der Waals surface area contributed by atoms with Crippen molar-refractivity contribution in [2.75, 3.05) is 0 Å². The lowest BCUT2D eigenvalue weighted by molar-refractivity contribution is -0.137. The fourth-order valence-corrected chi connectivity index (χ4v) is 1.77. The van der Waals surface area contributed by atoms with Crippen molar-refractivity contribution in [2.24, 2.45) is 0 Å². The zero-order chi connectivity index (χ0) is 16.3. The summed E-state index contributed by atoms with van der Waals surface area (Å²) in [6.07, 6.45) is -4.44. The highest BCUT2D eigenvalue weighted by Crippen LogP contribution is 2.30. The van der Waals surface area contributed by atoms with Gasteiger partial charge in [-0.25, -0.2) is 9.18 Å². The predicted octanol–water partition coefficient (Wildman–Crippen LogP) is 4.12. The maximum absolute atomic E-state index is 13.0. The molecule has 0 amide bonds. The molecule has 0 saturated heterocycles. The highest BCUT2D eigenvalue weighted by atomic mass is 19.4. The quantitative estimate of drug-likeness (QED) is 0.864. The van der Waals surface area contributed by atoms with Crippen LogP contribution in [0.3, 0.4) is 0 Å². The first-order valence-electron chi connectivity index (χ1n) is 6.09. The van der Waals surface area contributed by atoms with E-state index in [4.69, 9.17) is 9.84 Å². The number of ether oxygens (including phenoxy) is 1. The van der Waals surface area contributed by atoms with Crippen LogP contribution < -0.4 is 4.74 Å². The van der Waals surface area contributed by atoms with Crippen LogP contribution in [0.4, 0.5) is 17.6 Å². The van der Waals surface area contributed by atoms with Gasteiger partial charge in [-0.3, -0.25) is 0 Å². The summed E-state index contributed by atoms with van der Waals surface area (Å²) in [5.41, 5.74) is -0.853. The minimum absolute atomic E-state index is 0.147. The average molecular weight is 314 g/mol. The monoisotopic (exact) mass is 314 g/mol. The van der Waals surface area contributed by atoms with Gasteiger partial charge in [-0.2, -0.15) is 13.2 Å². The Labute approximate surface area is 122 Å². The molecule has 0 unspecified atom stereocenters. The predicted molar refractivity (Wildman–Crippen MR) is 69.1 cm³/mol. The van der Waals surface area contributed by atoms with Gasteiger partial charge >= 0.3 is 12.1 Å². The SMILES string of the molecule is O=C(O)c1cc(F)ccc1COc1ccc(C(F)(F)F)cc1. The lowest BCUT2D eigenvalue weighted by Gasteiger charge is -2.10. The largest absolute Gasteiger partial charge is 0.489 e. The fourth-order valence-electron chi connectivity index (χ4n) is 1.77. The molecule has 116 valence electrons. The molecule has 1 N–H and O–H groups in total. The average Bonchev–Trinajstić information content (AvgIpc) is 2.45. The number of benzene rings is 2. The van der Waals surface area contributed by atoms with Crippen LogP contribution in [0.1, 0.15) is 21.5 Å². The minimum atomic E-state index is -4.44. The van der Waals surface area contributed by atoms with Crippen molar-refractivity contribution in [1.29, 1.82) is 0 Å². The second kappa shape index (κ2) is 6.05. The van der Waals surface area contributed by atoms with Gasteiger partial charge in [0.25, 0.3) is 0 Å². The molecular formula is C15H10F4O3. The Hall–Kier alpha value is -2.57. The summed E-state index contributed by atoms with van der Waals surface area (Å²) in [5.74, 6) is -1.87. The van der Waals surface area contributed by atoms with Crippen molar-refractivity contribution < 1.29 is 32.2 Å². The van der Waals surface area contributed by atoms with Gasteiger partial charge in [0.15, 0.2) is 0 Å². The summed E-state index contributed by atoms with van der Waals surface area (Å²) in [6.45, 7) is -0.201. The first-order valence-corrected chi connectivity index (χ1v) is 6.09. The number of carboxylic acids is 1. The fraction of sp³-hybridized carbons (Fsp3) is 0.133. The van der Waals surface area contributed by atoms with E-state index in [1.807, 2.05) is 0 Å². The molecule has 2 rings (SSSR count). The van der Waals surface area contributed by atoms with Crippen molar-refractivity contribution in [2.45, 2.75) is 12.8 Å². The van der Waals surface area contributed by atoms with Crippen LogP contribution in [0.15, 0.2) is 42.5 Å². The number of rotatable bonds is 4. The Morgan fingerprint density at radius 2 is 1.73 bits per heavy atom. The van der Waals surface area contributed by atoms with Crippen LogP contribution in [-0.2, 0) is 12.8 Å². The van der Waals surface area contributed by atoms with Crippen LogP contribution >= 0.6 is 0 Å². The van der Waals surface area contributed by atoms with Gasteiger partial charge in [0.2, 0.25) is 0 Å². The van der Waals surface area contributed by atoms with Crippen LogP contribution in [0.2, 0.25) is 0 Å². The van der Waals surface area contributed by atoms with Gasteiger partial charge in [-0.15, -0.1) is 0 Å². The van der Waals surface area contributed by atoms with E-state index in [9.17, 15) is 22.4 Å². The first kappa shape index (κ1) is 15.8. The van der Waals surface area contributed by atoms with Gasteiger partial charge in [-0.05, 0) is 36.4 Å². The molecule has 3 nitrogen and oxygen atoms in total. The van der Waals surface area contributed by atoms with E-state index in [0.29, 0.717) is 0 Å². The Morgan fingerprint density at radius 1 is 1.09 bits per heavy atom. The summed E-state index contributed by atoms with van der Waals surface area (Å²) >= 11 is 0. The molecule has 7 heteroatoms. The van der Waals surface area contributed by atoms with E-state index in [1.165, 1.54) is 6.07 Å². The van der Waals surface area contributed by atoms with Crippen LogP contribution in [0.5, 0.6) is 5.75 Å². The van der Waals surface area contributed by atoms with Crippen molar-refractivity contribution in [3.63, 3.8) is 0 Å². The van der Waals surface area contributed by atoms with Crippen molar-refractivity contribution in [3.8, 4) is 5.75 Å². The van der Waals surface area contributed by atoms with Gasteiger partial charge in [0.05, 0.1) is 11.1 Å². The summed E-state index contributed by atoms with van der Waals surface area (Å²) in [5, 5.41) is 8.97. The molecule has 0 aromatic heterocycles. The van der Waals surface area contributed by atoms with Gasteiger partial charge in [-0.1, -0.05) is 6.07 Å². The Balaban J connectivity index is 2.12. The second-order valence-electron chi connectivity index (χ2n) is 4.42. The molecule has 0 aliphatic carbocycles. The molecule has 0 aliphatic heterocycles. The third-order valence-electron chi connectivity index (χ3n) is 2.88. The molecule has 2 aromatic rings. The molecule has 22 heavy (non-hydrogen) atoms. The molecule has 0 spiro atoms. The van der Waals surface area contributed by atoms with Gasteiger partial charge in [0, 0.05) is 5.56 Å². The van der Waals surface area contributed by atoms with Crippen molar-refractivity contribution >= 4 is 5.97 Å². The second-order valence-corrected chi connectivity index (χ2v) is 4.42. The number of hydrogen-bond donors (Lipinski definition) is 1. The Kier molecular flexibility index (Phi) is 4.35. The molecule has 0 bridgehead atoms. The van der Waals surface area contributed by atoms with Crippen LogP contribution in [0, 0.1) is 5.82 Å². The number of halogens is 4. The normalized spacial score (nSPS) is 11.3. The van der Waals surface area contributed by atoms with Crippen LogP contribution in [0.25, 0.3) is 0 Å². The van der Waals surface area contributed by atoms with E-state index in [-0.39, 0.29) is 23.5 Å². The van der Waals surface area contributed by atoms with E-state index >= 15 is 0 Å². The summed E-state index contributed by atoms with van der Waals surface area (Å²) in [4.78, 5) is 11.0. The molecule has 0 heterocycles. The smallest absolute Gasteiger partial charge is 0.416 e.